The standard InChI is InChI=1S/C20H25F3N2O5/c1-12-11-24(14-5-7-15(8-6-14)28-20(21,22)23)9-10-25(12)17(26)13(2)16-18(27)30-19(3,4)29-16/h5-8,12-13,16H,9-11H2,1-4H3/t12-,13?,16+/m1/s1. The number of halogens is 3. The summed E-state index contributed by atoms with van der Waals surface area (Å²) in [7, 11) is 0. The van der Waals surface area contributed by atoms with E-state index >= 15 is 0 Å². The maximum Gasteiger partial charge on any atom is 0.573 e. The first-order valence-corrected chi connectivity index (χ1v) is 9.68. The molecule has 2 aliphatic heterocycles. The summed E-state index contributed by atoms with van der Waals surface area (Å²) in [5.74, 6) is -2.77. The van der Waals surface area contributed by atoms with Crippen LogP contribution in [0, 0.1) is 5.92 Å². The number of anilines is 1. The van der Waals surface area contributed by atoms with Gasteiger partial charge in [0.15, 0.2) is 6.10 Å². The zero-order chi connectivity index (χ0) is 22.3. The fourth-order valence-electron chi connectivity index (χ4n) is 3.75. The zero-order valence-corrected chi connectivity index (χ0v) is 17.2. The van der Waals surface area contributed by atoms with Crippen molar-refractivity contribution in [1.82, 2.24) is 4.90 Å². The number of hydrogen-bond donors (Lipinski definition) is 0. The van der Waals surface area contributed by atoms with Gasteiger partial charge in [-0.2, -0.15) is 0 Å². The number of cyclic esters (lactones) is 1. The van der Waals surface area contributed by atoms with Gasteiger partial charge in [0.25, 0.3) is 0 Å². The molecular weight excluding hydrogens is 405 g/mol. The lowest BCUT2D eigenvalue weighted by molar-refractivity contribution is -0.274. The molecule has 0 saturated carbocycles. The zero-order valence-electron chi connectivity index (χ0n) is 17.2. The van der Waals surface area contributed by atoms with Gasteiger partial charge < -0.3 is 24.0 Å². The Balaban J connectivity index is 1.61. The summed E-state index contributed by atoms with van der Waals surface area (Å²) in [6, 6.07) is 5.47. The molecule has 2 heterocycles. The normalized spacial score (nSPS) is 25.1. The van der Waals surface area contributed by atoms with Gasteiger partial charge in [0.05, 0.1) is 5.92 Å². The predicted molar refractivity (Wildman–Crippen MR) is 101 cm³/mol. The average molecular weight is 430 g/mol. The summed E-state index contributed by atoms with van der Waals surface area (Å²) in [6.45, 7) is 8.19. The number of alkyl halides is 3. The number of benzene rings is 1. The molecule has 3 atom stereocenters. The van der Waals surface area contributed by atoms with Gasteiger partial charge >= 0.3 is 12.3 Å². The van der Waals surface area contributed by atoms with Crippen molar-refractivity contribution >= 4 is 17.6 Å². The molecular formula is C20H25F3N2O5. The molecule has 0 N–H and O–H groups in total. The largest absolute Gasteiger partial charge is 0.573 e. The van der Waals surface area contributed by atoms with E-state index in [4.69, 9.17) is 9.47 Å². The molecule has 3 rings (SSSR count). The van der Waals surface area contributed by atoms with Crippen LogP contribution in [0.1, 0.15) is 27.7 Å². The lowest BCUT2D eigenvalue weighted by Gasteiger charge is -2.42. The third kappa shape index (κ3) is 4.97. The summed E-state index contributed by atoms with van der Waals surface area (Å²) in [4.78, 5) is 28.7. The second-order valence-corrected chi connectivity index (χ2v) is 8.02. The van der Waals surface area contributed by atoms with Crippen LogP contribution in [0.3, 0.4) is 0 Å². The number of ether oxygens (including phenoxy) is 3. The molecule has 1 unspecified atom stereocenters. The maximum atomic E-state index is 13.0. The molecule has 1 amide bonds. The van der Waals surface area contributed by atoms with Crippen molar-refractivity contribution in [2.45, 2.75) is 52.0 Å². The molecule has 2 fully saturated rings. The molecule has 166 valence electrons. The molecule has 0 bridgehead atoms. The van der Waals surface area contributed by atoms with Crippen molar-refractivity contribution in [2.75, 3.05) is 24.5 Å². The first-order valence-electron chi connectivity index (χ1n) is 9.68. The smallest absolute Gasteiger partial charge is 0.432 e. The van der Waals surface area contributed by atoms with Crippen LogP contribution in [0.15, 0.2) is 24.3 Å². The highest BCUT2D eigenvalue weighted by molar-refractivity contribution is 5.87. The molecule has 0 radical (unpaired) electrons. The van der Waals surface area contributed by atoms with E-state index in [1.807, 2.05) is 11.8 Å². The Labute approximate surface area is 172 Å². The monoisotopic (exact) mass is 430 g/mol. The minimum atomic E-state index is -4.73. The minimum absolute atomic E-state index is 0.162. The van der Waals surface area contributed by atoms with E-state index in [2.05, 4.69) is 4.74 Å². The van der Waals surface area contributed by atoms with E-state index in [0.717, 1.165) is 5.69 Å². The number of amides is 1. The lowest BCUT2D eigenvalue weighted by Crippen LogP contribution is -2.56. The highest BCUT2D eigenvalue weighted by Crippen LogP contribution is 2.30. The van der Waals surface area contributed by atoms with Crippen molar-refractivity contribution in [3.05, 3.63) is 24.3 Å². The fraction of sp³-hybridized carbons (Fsp3) is 0.600. The van der Waals surface area contributed by atoms with Gasteiger partial charge in [0.2, 0.25) is 11.7 Å². The van der Waals surface area contributed by atoms with Gasteiger partial charge in [0.1, 0.15) is 5.75 Å². The first-order chi connectivity index (χ1) is 13.9. The highest BCUT2D eigenvalue weighted by atomic mass is 19.4. The summed E-state index contributed by atoms with van der Waals surface area (Å²) in [6.07, 6.45) is -5.68. The number of carbonyl (C=O) groups is 2. The van der Waals surface area contributed by atoms with Crippen molar-refractivity contribution < 1.29 is 37.0 Å². The molecule has 2 saturated heterocycles. The number of carbonyl (C=O) groups excluding carboxylic acids is 2. The molecule has 30 heavy (non-hydrogen) atoms. The van der Waals surface area contributed by atoms with Crippen LogP contribution in [-0.2, 0) is 19.1 Å². The molecule has 0 aliphatic carbocycles. The number of rotatable bonds is 4. The summed E-state index contributed by atoms with van der Waals surface area (Å²) in [5, 5.41) is 0. The Morgan fingerprint density at radius 1 is 1.23 bits per heavy atom. The predicted octanol–water partition coefficient (Wildman–Crippen LogP) is 2.94. The Morgan fingerprint density at radius 2 is 1.87 bits per heavy atom. The van der Waals surface area contributed by atoms with Gasteiger partial charge in [-0.1, -0.05) is 6.92 Å². The van der Waals surface area contributed by atoms with Crippen LogP contribution in [0.25, 0.3) is 0 Å². The topological polar surface area (TPSA) is 68.3 Å². The molecule has 2 aliphatic rings. The second kappa shape index (κ2) is 7.98. The van der Waals surface area contributed by atoms with Gasteiger partial charge in [-0.3, -0.25) is 4.79 Å². The van der Waals surface area contributed by atoms with Gasteiger partial charge in [-0.15, -0.1) is 13.2 Å². The Kier molecular flexibility index (Phi) is 5.90. The second-order valence-electron chi connectivity index (χ2n) is 8.02. The van der Waals surface area contributed by atoms with Crippen molar-refractivity contribution in [3.8, 4) is 5.75 Å². The van der Waals surface area contributed by atoms with Gasteiger partial charge in [-0.25, -0.2) is 4.79 Å². The van der Waals surface area contributed by atoms with Crippen molar-refractivity contribution in [2.24, 2.45) is 5.92 Å². The molecule has 7 nitrogen and oxygen atoms in total. The van der Waals surface area contributed by atoms with E-state index < -0.39 is 30.1 Å². The maximum absolute atomic E-state index is 13.0. The van der Waals surface area contributed by atoms with Crippen molar-refractivity contribution in [1.29, 1.82) is 0 Å². The molecule has 1 aromatic rings. The van der Waals surface area contributed by atoms with E-state index in [0.29, 0.717) is 19.6 Å². The Morgan fingerprint density at radius 3 is 2.37 bits per heavy atom. The van der Waals surface area contributed by atoms with Crippen LogP contribution in [0.2, 0.25) is 0 Å². The summed E-state index contributed by atoms with van der Waals surface area (Å²) < 4.78 is 51.5. The molecule has 1 aromatic carbocycles. The van der Waals surface area contributed by atoms with Gasteiger partial charge in [-0.05, 0) is 31.2 Å². The quantitative estimate of drug-likeness (QED) is 0.685. The first kappa shape index (κ1) is 22.2. The van der Waals surface area contributed by atoms with E-state index in [9.17, 15) is 22.8 Å². The third-order valence-electron chi connectivity index (χ3n) is 5.18. The van der Waals surface area contributed by atoms with Crippen LogP contribution < -0.4 is 9.64 Å². The van der Waals surface area contributed by atoms with E-state index in [-0.39, 0.29) is 17.7 Å². The average Bonchev–Trinajstić information content (AvgIpc) is 2.92. The summed E-state index contributed by atoms with van der Waals surface area (Å²) in [5.41, 5.74) is 0.737. The molecule has 10 heteroatoms. The molecule has 0 spiro atoms. The van der Waals surface area contributed by atoms with Crippen LogP contribution >= 0.6 is 0 Å². The van der Waals surface area contributed by atoms with Crippen molar-refractivity contribution in [3.63, 3.8) is 0 Å². The SMILES string of the molecule is CC(C(=O)N1CCN(c2ccc(OC(F)(F)F)cc2)C[C@H]1C)[C@@H]1OC(C)(C)OC1=O. The van der Waals surface area contributed by atoms with Gasteiger partial charge in [0, 0.05) is 45.2 Å². The number of esters is 1. The number of piperazine rings is 1. The Hall–Kier alpha value is -2.49. The number of hydrogen-bond acceptors (Lipinski definition) is 6. The fourth-order valence-corrected chi connectivity index (χ4v) is 3.75. The summed E-state index contributed by atoms with van der Waals surface area (Å²) >= 11 is 0. The Bertz CT molecular complexity index is 797. The van der Waals surface area contributed by atoms with E-state index in [1.165, 1.54) is 12.1 Å². The third-order valence-corrected chi connectivity index (χ3v) is 5.18. The minimum Gasteiger partial charge on any atom is -0.432 e. The van der Waals surface area contributed by atoms with Crippen LogP contribution in [0.4, 0.5) is 18.9 Å². The van der Waals surface area contributed by atoms with Crippen LogP contribution in [0.5, 0.6) is 5.75 Å². The number of nitrogens with zero attached hydrogens (tertiary/aromatic N) is 2. The van der Waals surface area contributed by atoms with E-state index in [1.54, 1.807) is 37.8 Å². The highest BCUT2D eigenvalue weighted by Gasteiger charge is 2.47. The molecule has 0 aromatic heterocycles. The lowest BCUT2D eigenvalue weighted by atomic mass is 10.0. The van der Waals surface area contributed by atoms with Crippen LogP contribution in [-0.4, -0.2) is 60.7 Å².